The van der Waals surface area contributed by atoms with Gasteiger partial charge in [-0.05, 0) is 18.2 Å². The van der Waals surface area contributed by atoms with Crippen LogP contribution in [-0.2, 0) is 5.41 Å². The molecule has 0 aliphatic carbocycles. The van der Waals surface area contributed by atoms with Crippen molar-refractivity contribution in [2.45, 2.75) is 32.2 Å². The second kappa shape index (κ2) is 5.02. The highest BCUT2D eigenvalue weighted by atomic mass is 79.9. The molecule has 2 N–H and O–H groups in total. The Balaban J connectivity index is 2.36. The summed E-state index contributed by atoms with van der Waals surface area (Å²) in [6.07, 6.45) is 0. The fourth-order valence-electron chi connectivity index (χ4n) is 1.56. The zero-order valence-corrected chi connectivity index (χ0v) is 12.5. The molecule has 0 saturated heterocycles. The summed E-state index contributed by atoms with van der Waals surface area (Å²) in [7, 11) is 0. The lowest BCUT2D eigenvalue weighted by Gasteiger charge is -2.11. The Kier molecular flexibility index (Phi) is 3.73. The number of benzene rings is 1. The average Bonchev–Trinajstić information content (AvgIpc) is 2.80. The van der Waals surface area contributed by atoms with Crippen LogP contribution in [0, 0.1) is 5.82 Å². The molecule has 0 radical (unpaired) electrons. The van der Waals surface area contributed by atoms with Crippen molar-refractivity contribution in [3.8, 4) is 0 Å². The van der Waals surface area contributed by atoms with Crippen molar-refractivity contribution in [3.63, 3.8) is 0 Å². The normalized spacial score (nSPS) is 13.6. The molecule has 1 aromatic carbocycles. The van der Waals surface area contributed by atoms with Gasteiger partial charge in [-0.3, -0.25) is 0 Å². The smallest absolute Gasteiger partial charge is 0.232 e. The van der Waals surface area contributed by atoms with Crippen LogP contribution in [0.15, 0.2) is 27.2 Å². The summed E-state index contributed by atoms with van der Waals surface area (Å²) in [5, 5.41) is 3.84. The molecule has 6 heteroatoms. The van der Waals surface area contributed by atoms with Crippen LogP contribution >= 0.6 is 15.9 Å². The summed E-state index contributed by atoms with van der Waals surface area (Å²) >= 11 is 3.29. The molecular formula is C13H15BrFN3O. The van der Waals surface area contributed by atoms with Gasteiger partial charge in [0.15, 0.2) is 5.82 Å². The van der Waals surface area contributed by atoms with Gasteiger partial charge in [0.2, 0.25) is 5.89 Å². The molecule has 1 heterocycles. The van der Waals surface area contributed by atoms with E-state index in [-0.39, 0.29) is 11.2 Å². The number of nitrogens with zero attached hydrogens (tertiary/aromatic N) is 2. The third-order valence-electron chi connectivity index (χ3n) is 2.65. The number of aromatic nitrogens is 2. The van der Waals surface area contributed by atoms with Crippen molar-refractivity contribution in [3.05, 3.63) is 45.8 Å². The number of nitrogens with two attached hydrogens (primary N) is 1. The Morgan fingerprint density at radius 2 is 2.05 bits per heavy atom. The van der Waals surface area contributed by atoms with E-state index in [1.54, 1.807) is 12.1 Å². The second-order valence-electron chi connectivity index (χ2n) is 5.35. The molecule has 0 amide bonds. The van der Waals surface area contributed by atoms with Gasteiger partial charge >= 0.3 is 0 Å². The van der Waals surface area contributed by atoms with Crippen LogP contribution in [0.5, 0.6) is 0 Å². The lowest BCUT2D eigenvalue weighted by Crippen LogP contribution is -2.16. The molecule has 1 aromatic heterocycles. The molecule has 0 aliphatic heterocycles. The first kappa shape index (κ1) is 14.1. The summed E-state index contributed by atoms with van der Waals surface area (Å²) in [4.78, 5) is 4.24. The van der Waals surface area contributed by atoms with Crippen LogP contribution in [0.25, 0.3) is 0 Å². The molecular weight excluding hydrogens is 313 g/mol. The van der Waals surface area contributed by atoms with E-state index in [0.717, 1.165) is 4.47 Å². The summed E-state index contributed by atoms with van der Waals surface area (Å²) in [6.45, 7) is 5.86. The Bertz CT molecular complexity index is 592. The number of hydrogen-bond donors (Lipinski definition) is 1. The maximum absolute atomic E-state index is 13.8. The molecule has 0 fully saturated rings. The van der Waals surface area contributed by atoms with Gasteiger partial charge in [-0.1, -0.05) is 41.9 Å². The van der Waals surface area contributed by atoms with Gasteiger partial charge in [0.05, 0.1) is 6.04 Å². The van der Waals surface area contributed by atoms with E-state index < -0.39 is 11.9 Å². The largest absolute Gasteiger partial charge is 0.339 e. The first-order chi connectivity index (χ1) is 8.79. The maximum Gasteiger partial charge on any atom is 0.232 e. The second-order valence-corrected chi connectivity index (χ2v) is 6.27. The Labute approximate surface area is 119 Å². The van der Waals surface area contributed by atoms with E-state index in [4.69, 9.17) is 10.3 Å². The van der Waals surface area contributed by atoms with E-state index in [9.17, 15) is 4.39 Å². The minimum atomic E-state index is -0.752. The zero-order chi connectivity index (χ0) is 14.2. The Morgan fingerprint density at radius 1 is 1.37 bits per heavy atom. The Morgan fingerprint density at radius 3 is 2.63 bits per heavy atom. The van der Waals surface area contributed by atoms with Gasteiger partial charge in [0, 0.05) is 15.5 Å². The third-order valence-corrected chi connectivity index (χ3v) is 3.15. The van der Waals surface area contributed by atoms with E-state index in [0.29, 0.717) is 11.5 Å². The van der Waals surface area contributed by atoms with Crippen LogP contribution in [0.2, 0.25) is 0 Å². The first-order valence-corrected chi connectivity index (χ1v) is 6.63. The zero-order valence-electron chi connectivity index (χ0n) is 10.9. The minimum absolute atomic E-state index is 0.263. The lowest BCUT2D eigenvalue weighted by molar-refractivity contribution is 0.317. The third kappa shape index (κ3) is 3.01. The van der Waals surface area contributed by atoms with Crippen molar-refractivity contribution in [2.75, 3.05) is 0 Å². The minimum Gasteiger partial charge on any atom is -0.339 e. The van der Waals surface area contributed by atoms with E-state index >= 15 is 0 Å². The van der Waals surface area contributed by atoms with Crippen molar-refractivity contribution in [2.24, 2.45) is 5.73 Å². The number of rotatable bonds is 2. The van der Waals surface area contributed by atoms with Crippen LogP contribution in [-0.4, -0.2) is 10.1 Å². The van der Waals surface area contributed by atoms with Crippen molar-refractivity contribution < 1.29 is 8.91 Å². The fourth-order valence-corrected chi connectivity index (χ4v) is 1.94. The first-order valence-electron chi connectivity index (χ1n) is 5.83. The SMILES string of the molecule is CC(C)(C)c1nc(C(N)c2cc(Br)ccc2F)no1. The van der Waals surface area contributed by atoms with Gasteiger partial charge in [-0.25, -0.2) is 4.39 Å². The summed E-state index contributed by atoms with van der Waals surface area (Å²) in [5.41, 5.74) is 6.06. The molecule has 0 saturated carbocycles. The number of halogens is 2. The standard InChI is InChI=1S/C13H15BrFN3O/c1-13(2,3)12-17-11(18-19-12)10(16)8-6-7(14)4-5-9(8)15/h4-6,10H,16H2,1-3H3. The van der Waals surface area contributed by atoms with E-state index in [2.05, 4.69) is 26.1 Å². The maximum atomic E-state index is 13.8. The Hall–Kier alpha value is -1.27. The van der Waals surface area contributed by atoms with Crippen LogP contribution in [0.4, 0.5) is 4.39 Å². The molecule has 19 heavy (non-hydrogen) atoms. The van der Waals surface area contributed by atoms with Crippen molar-refractivity contribution in [1.29, 1.82) is 0 Å². The van der Waals surface area contributed by atoms with Crippen LogP contribution in [0.1, 0.15) is 44.1 Å². The van der Waals surface area contributed by atoms with Gasteiger partial charge in [0.25, 0.3) is 0 Å². The molecule has 102 valence electrons. The van der Waals surface area contributed by atoms with E-state index in [1.807, 2.05) is 20.8 Å². The van der Waals surface area contributed by atoms with Crippen LogP contribution in [0.3, 0.4) is 0 Å². The topological polar surface area (TPSA) is 64.9 Å². The van der Waals surface area contributed by atoms with Gasteiger partial charge in [0.1, 0.15) is 5.82 Å². The lowest BCUT2D eigenvalue weighted by atomic mass is 9.97. The van der Waals surface area contributed by atoms with Gasteiger partial charge in [-0.15, -0.1) is 0 Å². The molecule has 2 aromatic rings. The molecule has 2 rings (SSSR count). The monoisotopic (exact) mass is 327 g/mol. The molecule has 4 nitrogen and oxygen atoms in total. The molecule has 1 atom stereocenters. The predicted molar refractivity (Wildman–Crippen MR) is 73.1 cm³/mol. The summed E-state index contributed by atoms with van der Waals surface area (Å²) < 4.78 is 19.7. The molecule has 0 aliphatic rings. The number of hydrogen-bond acceptors (Lipinski definition) is 4. The van der Waals surface area contributed by atoms with Gasteiger partial charge in [-0.2, -0.15) is 4.98 Å². The summed E-state index contributed by atoms with van der Waals surface area (Å²) in [6, 6.07) is 3.83. The quantitative estimate of drug-likeness (QED) is 0.918. The highest BCUT2D eigenvalue weighted by molar-refractivity contribution is 9.10. The fraction of sp³-hybridized carbons (Fsp3) is 0.385. The predicted octanol–water partition coefficient (Wildman–Crippen LogP) is 3.32. The molecule has 0 spiro atoms. The van der Waals surface area contributed by atoms with Crippen LogP contribution < -0.4 is 5.73 Å². The molecule has 0 bridgehead atoms. The van der Waals surface area contributed by atoms with E-state index in [1.165, 1.54) is 6.07 Å². The average molecular weight is 328 g/mol. The summed E-state index contributed by atoms with van der Waals surface area (Å²) in [5.74, 6) is 0.369. The highest BCUT2D eigenvalue weighted by Gasteiger charge is 2.25. The van der Waals surface area contributed by atoms with Crippen molar-refractivity contribution >= 4 is 15.9 Å². The van der Waals surface area contributed by atoms with Crippen molar-refractivity contribution in [1.82, 2.24) is 10.1 Å². The van der Waals surface area contributed by atoms with Gasteiger partial charge < -0.3 is 10.3 Å². The highest BCUT2D eigenvalue weighted by Crippen LogP contribution is 2.26. The molecule has 1 unspecified atom stereocenters.